The average Bonchev–Trinajstić information content (AvgIpc) is 2.57. The van der Waals surface area contributed by atoms with Crippen LogP contribution in [0, 0.1) is 0 Å². The third-order valence-corrected chi connectivity index (χ3v) is 1.99. The highest BCUT2D eigenvalue weighted by Gasteiger charge is 2.17. The molecule has 0 radical (unpaired) electrons. The van der Waals surface area contributed by atoms with Gasteiger partial charge in [-0.25, -0.2) is 9.48 Å². The molecule has 1 aromatic rings. The van der Waals surface area contributed by atoms with Gasteiger partial charge in [-0.3, -0.25) is 0 Å². The number of hydrogen-bond donors (Lipinski definition) is 2. The van der Waals surface area contributed by atoms with E-state index in [-0.39, 0.29) is 12.2 Å². The standard InChI is InChI=1S/C8H15N5O2/c1-12(2)3-4-13-6(5-9)7(8(14)15)10-11-13/h3-5,9H2,1-2H3,(H,14,15). The van der Waals surface area contributed by atoms with E-state index in [1.165, 1.54) is 4.68 Å². The molecule has 0 saturated carbocycles. The zero-order valence-electron chi connectivity index (χ0n) is 8.84. The molecule has 0 spiro atoms. The van der Waals surface area contributed by atoms with Crippen molar-refractivity contribution in [3.63, 3.8) is 0 Å². The van der Waals surface area contributed by atoms with E-state index in [1.54, 1.807) is 0 Å². The van der Waals surface area contributed by atoms with Gasteiger partial charge in [-0.1, -0.05) is 5.21 Å². The van der Waals surface area contributed by atoms with Crippen molar-refractivity contribution in [3.05, 3.63) is 11.4 Å². The molecule has 0 amide bonds. The van der Waals surface area contributed by atoms with Gasteiger partial charge in [0.2, 0.25) is 0 Å². The van der Waals surface area contributed by atoms with Crippen LogP contribution >= 0.6 is 0 Å². The highest BCUT2D eigenvalue weighted by atomic mass is 16.4. The van der Waals surface area contributed by atoms with Crippen LogP contribution in [0.1, 0.15) is 16.2 Å². The second kappa shape index (κ2) is 4.85. The van der Waals surface area contributed by atoms with Gasteiger partial charge in [0.05, 0.1) is 12.2 Å². The van der Waals surface area contributed by atoms with Crippen LogP contribution in [0.4, 0.5) is 0 Å². The van der Waals surface area contributed by atoms with E-state index in [1.807, 2.05) is 19.0 Å². The maximum absolute atomic E-state index is 10.8. The molecule has 1 rings (SSSR count). The molecule has 0 aliphatic rings. The van der Waals surface area contributed by atoms with Crippen LogP contribution in [0.5, 0.6) is 0 Å². The predicted octanol–water partition coefficient (Wildman–Crippen LogP) is -1.00. The molecule has 0 saturated heterocycles. The number of carbonyl (C=O) groups is 1. The largest absolute Gasteiger partial charge is 0.476 e. The number of rotatable bonds is 5. The summed E-state index contributed by atoms with van der Waals surface area (Å²) in [6, 6.07) is 0. The van der Waals surface area contributed by atoms with E-state index in [0.29, 0.717) is 12.2 Å². The average molecular weight is 213 g/mol. The second-order valence-corrected chi connectivity index (χ2v) is 3.42. The summed E-state index contributed by atoms with van der Waals surface area (Å²) in [6.45, 7) is 1.47. The second-order valence-electron chi connectivity index (χ2n) is 3.42. The highest BCUT2D eigenvalue weighted by molar-refractivity contribution is 5.86. The predicted molar refractivity (Wildman–Crippen MR) is 53.4 cm³/mol. The Morgan fingerprint density at radius 2 is 2.27 bits per heavy atom. The van der Waals surface area contributed by atoms with Gasteiger partial charge in [-0.2, -0.15) is 0 Å². The molecule has 7 nitrogen and oxygen atoms in total. The number of nitrogens with two attached hydrogens (primary N) is 1. The fourth-order valence-electron chi connectivity index (χ4n) is 1.18. The normalized spacial score (nSPS) is 10.9. The molecule has 1 aromatic heterocycles. The van der Waals surface area contributed by atoms with Gasteiger partial charge < -0.3 is 15.7 Å². The van der Waals surface area contributed by atoms with Gasteiger partial charge in [0.15, 0.2) is 5.69 Å². The molecule has 0 unspecified atom stereocenters. The van der Waals surface area contributed by atoms with Crippen LogP contribution in [-0.4, -0.2) is 51.6 Å². The van der Waals surface area contributed by atoms with E-state index in [4.69, 9.17) is 10.8 Å². The fraction of sp³-hybridized carbons (Fsp3) is 0.625. The first-order valence-corrected chi connectivity index (χ1v) is 4.56. The van der Waals surface area contributed by atoms with Crippen molar-refractivity contribution in [2.45, 2.75) is 13.1 Å². The first-order valence-electron chi connectivity index (χ1n) is 4.56. The maximum Gasteiger partial charge on any atom is 0.358 e. The maximum atomic E-state index is 10.8. The lowest BCUT2D eigenvalue weighted by Gasteiger charge is -2.10. The molecule has 1 heterocycles. The van der Waals surface area contributed by atoms with Crippen LogP contribution in [0.25, 0.3) is 0 Å². The van der Waals surface area contributed by atoms with Gasteiger partial charge in [0, 0.05) is 13.1 Å². The first kappa shape index (κ1) is 11.6. The molecular formula is C8H15N5O2. The van der Waals surface area contributed by atoms with Gasteiger partial charge in [-0.05, 0) is 14.1 Å². The quantitative estimate of drug-likeness (QED) is 0.651. The number of likely N-dealkylation sites (N-methyl/N-ethyl adjacent to an activating group) is 1. The third kappa shape index (κ3) is 2.74. The minimum absolute atomic E-state index is 0.0590. The van der Waals surface area contributed by atoms with Crippen LogP contribution in [-0.2, 0) is 13.1 Å². The van der Waals surface area contributed by atoms with Crippen molar-refractivity contribution in [2.24, 2.45) is 5.73 Å². The summed E-state index contributed by atoms with van der Waals surface area (Å²) in [5.41, 5.74) is 5.87. The lowest BCUT2D eigenvalue weighted by Crippen LogP contribution is -2.21. The summed E-state index contributed by atoms with van der Waals surface area (Å²) < 4.78 is 1.53. The molecule has 84 valence electrons. The molecule has 0 fully saturated rings. The molecule has 3 N–H and O–H groups in total. The first-order chi connectivity index (χ1) is 7.06. The van der Waals surface area contributed by atoms with Crippen LogP contribution in [0.15, 0.2) is 0 Å². The summed E-state index contributed by atoms with van der Waals surface area (Å²) >= 11 is 0. The van der Waals surface area contributed by atoms with Crippen molar-refractivity contribution in [1.82, 2.24) is 19.9 Å². The Kier molecular flexibility index (Phi) is 3.75. The molecule has 7 heteroatoms. The fourth-order valence-corrected chi connectivity index (χ4v) is 1.18. The van der Waals surface area contributed by atoms with E-state index < -0.39 is 5.97 Å². The Bertz CT molecular complexity index is 347. The lowest BCUT2D eigenvalue weighted by atomic mass is 10.3. The topological polar surface area (TPSA) is 97.3 Å². The Labute approximate surface area is 87.5 Å². The minimum atomic E-state index is -1.09. The smallest absolute Gasteiger partial charge is 0.358 e. The number of hydrogen-bond acceptors (Lipinski definition) is 5. The van der Waals surface area contributed by atoms with Gasteiger partial charge >= 0.3 is 5.97 Å². The molecular weight excluding hydrogens is 198 g/mol. The number of aromatic carboxylic acids is 1. The molecule has 0 aromatic carbocycles. The Morgan fingerprint density at radius 1 is 1.60 bits per heavy atom. The molecule has 15 heavy (non-hydrogen) atoms. The lowest BCUT2D eigenvalue weighted by molar-refractivity contribution is 0.0689. The van der Waals surface area contributed by atoms with Crippen LogP contribution in [0.2, 0.25) is 0 Å². The molecule has 0 aliphatic carbocycles. The van der Waals surface area contributed by atoms with Crippen molar-refractivity contribution >= 4 is 5.97 Å². The van der Waals surface area contributed by atoms with E-state index in [0.717, 1.165) is 6.54 Å². The van der Waals surface area contributed by atoms with E-state index in [9.17, 15) is 4.79 Å². The Morgan fingerprint density at radius 3 is 2.73 bits per heavy atom. The SMILES string of the molecule is CN(C)CCn1nnc(C(=O)O)c1CN. The monoisotopic (exact) mass is 213 g/mol. The van der Waals surface area contributed by atoms with Crippen molar-refractivity contribution in [3.8, 4) is 0 Å². The van der Waals surface area contributed by atoms with Gasteiger partial charge in [-0.15, -0.1) is 5.10 Å². The van der Waals surface area contributed by atoms with Crippen molar-refractivity contribution in [1.29, 1.82) is 0 Å². The number of nitrogens with zero attached hydrogens (tertiary/aromatic N) is 4. The molecule has 0 bridgehead atoms. The number of carboxylic acid groups (broad SMARTS) is 1. The summed E-state index contributed by atoms with van der Waals surface area (Å²) in [5, 5.41) is 16.1. The number of aromatic nitrogens is 3. The zero-order valence-corrected chi connectivity index (χ0v) is 8.84. The molecule has 0 atom stereocenters. The summed E-state index contributed by atoms with van der Waals surface area (Å²) in [5.74, 6) is -1.09. The van der Waals surface area contributed by atoms with Gasteiger partial charge in [0.1, 0.15) is 0 Å². The van der Waals surface area contributed by atoms with E-state index in [2.05, 4.69) is 10.3 Å². The number of carboxylic acids is 1. The van der Waals surface area contributed by atoms with Crippen molar-refractivity contribution in [2.75, 3.05) is 20.6 Å². The Hall–Kier alpha value is -1.47. The van der Waals surface area contributed by atoms with Crippen LogP contribution < -0.4 is 5.73 Å². The summed E-state index contributed by atoms with van der Waals surface area (Å²) in [6.07, 6.45) is 0. The summed E-state index contributed by atoms with van der Waals surface area (Å²) in [4.78, 5) is 12.7. The minimum Gasteiger partial charge on any atom is -0.476 e. The third-order valence-electron chi connectivity index (χ3n) is 1.99. The van der Waals surface area contributed by atoms with Crippen LogP contribution in [0.3, 0.4) is 0 Å². The van der Waals surface area contributed by atoms with E-state index >= 15 is 0 Å². The highest BCUT2D eigenvalue weighted by Crippen LogP contribution is 2.04. The Balaban J connectivity index is 2.84. The van der Waals surface area contributed by atoms with Crippen molar-refractivity contribution < 1.29 is 9.90 Å². The van der Waals surface area contributed by atoms with Gasteiger partial charge in [0.25, 0.3) is 0 Å². The zero-order chi connectivity index (χ0) is 11.4. The molecule has 0 aliphatic heterocycles. The summed E-state index contributed by atoms with van der Waals surface area (Å²) in [7, 11) is 3.86.